The smallest absolute Gasteiger partial charge is 0.303 e. The van der Waals surface area contributed by atoms with Gasteiger partial charge in [-0.25, -0.2) is 0 Å². The van der Waals surface area contributed by atoms with Gasteiger partial charge in [-0.3, -0.25) is 9.59 Å². The molecule has 1 aromatic carbocycles. The molecule has 0 radical (unpaired) electrons. The lowest BCUT2D eigenvalue weighted by Gasteiger charge is -2.25. The Balaban J connectivity index is 2.75. The number of carbonyl (C=O) groups excluding carboxylic acids is 1. The molecule has 4 nitrogen and oxygen atoms in total. The second-order valence-electron chi connectivity index (χ2n) is 4.89. The third kappa shape index (κ3) is 5.61. The van der Waals surface area contributed by atoms with Gasteiger partial charge in [0.05, 0.1) is 0 Å². The predicted octanol–water partition coefficient (Wildman–Crippen LogP) is 3.48. The Hall–Kier alpha value is -1.07. The van der Waals surface area contributed by atoms with E-state index >= 15 is 0 Å². The van der Waals surface area contributed by atoms with Gasteiger partial charge in [-0.15, -0.1) is 0 Å². The summed E-state index contributed by atoms with van der Waals surface area (Å²) in [6.45, 7) is 3.57. The van der Waals surface area contributed by atoms with Crippen LogP contribution in [0.1, 0.15) is 37.0 Å². The summed E-state index contributed by atoms with van der Waals surface area (Å²) in [6, 6.07) is 4.91. The first kappa shape index (κ1) is 16.0. The summed E-state index contributed by atoms with van der Waals surface area (Å²) in [6.07, 6.45) is 0.363. The van der Waals surface area contributed by atoms with Gasteiger partial charge in [0.2, 0.25) is 0 Å². The van der Waals surface area contributed by atoms with Crippen molar-refractivity contribution < 1.29 is 14.7 Å². The lowest BCUT2D eigenvalue weighted by atomic mass is 9.98. The Morgan fingerprint density at radius 3 is 2.53 bits per heavy atom. The molecule has 0 bridgehead atoms. The van der Waals surface area contributed by atoms with Crippen molar-refractivity contribution >= 4 is 39.4 Å². The van der Waals surface area contributed by atoms with Crippen LogP contribution < -0.4 is 5.32 Å². The first-order valence-electron chi connectivity index (χ1n) is 5.70. The van der Waals surface area contributed by atoms with Crippen LogP contribution in [-0.2, 0) is 4.79 Å². The summed E-state index contributed by atoms with van der Waals surface area (Å²) in [7, 11) is 0. The fourth-order valence-corrected chi connectivity index (χ4v) is 2.41. The molecule has 0 spiro atoms. The molecule has 0 saturated carbocycles. The molecule has 2 N–H and O–H groups in total. The quantitative estimate of drug-likeness (QED) is 0.856. The van der Waals surface area contributed by atoms with Gasteiger partial charge >= 0.3 is 5.97 Å². The molecule has 1 amide bonds. The molecule has 0 heterocycles. The molecule has 0 aliphatic heterocycles. The largest absolute Gasteiger partial charge is 0.481 e. The highest BCUT2D eigenvalue weighted by Gasteiger charge is 2.22. The van der Waals surface area contributed by atoms with Gasteiger partial charge in [0, 0.05) is 27.0 Å². The van der Waals surface area contributed by atoms with Gasteiger partial charge in [0.15, 0.2) is 0 Å². The van der Waals surface area contributed by atoms with E-state index in [-0.39, 0.29) is 12.3 Å². The molecule has 1 aromatic rings. The highest BCUT2D eigenvalue weighted by molar-refractivity contribution is 9.10. The minimum absolute atomic E-state index is 0.00647. The van der Waals surface area contributed by atoms with Gasteiger partial charge in [0.1, 0.15) is 0 Å². The van der Waals surface area contributed by atoms with E-state index in [1.165, 1.54) is 0 Å². The summed E-state index contributed by atoms with van der Waals surface area (Å²) in [5.41, 5.74) is -0.160. The number of hydrogen-bond acceptors (Lipinski definition) is 2. The van der Waals surface area contributed by atoms with Gasteiger partial charge in [-0.2, -0.15) is 0 Å². The molecule has 0 saturated heterocycles. The van der Waals surface area contributed by atoms with Crippen molar-refractivity contribution in [1.29, 1.82) is 0 Å². The Kier molecular flexibility index (Phi) is 5.38. The maximum Gasteiger partial charge on any atom is 0.303 e. The van der Waals surface area contributed by atoms with E-state index in [2.05, 4.69) is 21.2 Å². The average Bonchev–Trinajstić information content (AvgIpc) is 2.24. The summed E-state index contributed by atoms with van der Waals surface area (Å²) >= 11 is 9.15. The monoisotopic (exact) mass is 347 g/mol. The summed E-state index contributed by atoms with van der Waals surface area (Å²) < 4.78 is 0.716. The van der Waals surface area contributed by atoms with Gasteiger partial charge in [-0.1, -0.05) is 27.5 Å². The lowest BCUT2D eigenvalue weighted by molar-refractivity contribution is -0.137. The average molecular weight is 349 g/mol. The number of aliphatic carboxylic acids is 1. The van der Waals surface area contributed by atoms with Crippen molar-refractivity contribution in [3.05, 3.63) is 33.3 Å². The second kappa shape index (κ2) is 6.39. The Morgan fingerprint density at radius 2 is 2.00 bits per heavy atom. The standard InChI is InChI=1S/C13H15BrClNO3/c1-13(2,4-3-11(17)18)16-12(19)8-5-9(14)7-10(15)6-8/h5-7H,3-4H2,1-2H3,(H,16,19)(H,17,18). The van der Waals surface area contributed by atoms with Crippen molar-refractivity contribution in [3.63, 3.8) is 0 Å². The molecular weight excluding hydrogens is 334 g/mol. The van der Waals surface area contributed by atoms with E-state index in [1.54, 1.807) is 32.0 Å². The van der Waals surface area contributed by atoms with Gasteiger partial charge in [-0.05, 0) is 38.5 Å². The van der Waals surface area contributed by atoms with Gasteiger partial charge in [0.25, 0.3) is 5.91 Å². The lowest BCUT2D eigenvalue weighted by Crippen LogP contribution is -2.43. The normalized spacial score (nSPS) is 11.2. The summed E-state index contributed by atoms with van der Waals surface area (Å²) in [5.74, 6) is -1.16. The zero-order valence-electron chi connectivity index (χ0n) is 10.7. The van der Waals surface area contributed by atoms with Crippen LogP contribution in [0.3, 0.4) is 0 Å². The SMILES string of the molecule is CC(C)(CCC(=O)O)NC(=O)c1cc(Cl)cc(Br)c1. The van der Waals surface area contributed by atoms with Crippen molar-refractivity contribution in [1.82, 2.24) is 5.32 Å². The second-order valence-corrected chi connectivity index (χ2v) is 6.24. The third-order valence-electron chi connectivity index (χ3n) is 2.54. The van der Waals surface area contributed by atoms with E-state index in [1.807, 2.05) is 0 Å². The number of rotatable bonds is 5. The number of halogens is 2. The topological polar surface area (TPSA) is 66.4 Å². The van der Waals surface area contributed by atoms with Crippen molar-refractivity contribution in [2.75, 3.05) is 0 Å². The maximum atomic E-state index is 12.1. The summed E-state index contributed by atoms with van der Waals surface area (Å²) in [5, 5.41) is 11.9. The zero-order chi connectivity index (χ0) is 14.6. The predicted molar refractivity (Wildman–Crippen MR) is 77.6 cm³/mol. The molecule has 104 valence electrons. The van der Waals surface area contributed by atoms with Crippen LogP contribution in [0.2, 0.25) is 5.02 Å². The molecular formula is C13H15BrClNO3. The van der Waals surface area contributed by atoms with Gasteiger partial charge < -0.3 is 10.4 Å². The number of hydrogen-bond donors (Lipinski definition) is 2. The number of nitrogens with one attached hydrogen (secondary N) is 1. The Labute approximate surface area is 125 Å². The van der Waals surface area contributed by atoms with Crippen molar-refractivity contribution in [2.45, 2.75) is 32.2 Å². The minimum Gasteiger partial charge on any atom is -0.481 e. The molecule has 0 fully saturated rings. The number of carboxylic acid groups (broad SMARTS) is 1. The Bertz CT molecular complexity index is 482. The summed E-state index contributed by atoms with van der Waals surface area (Å²) in [4.78, 5) is 22.6. The fraction of sp³-hybridized carbons (Fsp3) is 0.385. The molecule has 0 aromatic heterocycles. The Morgan fingerprint density at radius 1 is 1.37 bits per heavy atom. The van der Waals surface area contributed by atoms with E-state index in [0.29, 0.717) is 21.5 Å². The number of benzene rings is 1. The first-order valence-corrected chi connectivity index (χ1v) is 6.87. The zero-order valence-corrected chi connectivity index (χ0v) is 13.0. The molecule has 0 unspecified atom stereocenters. The highest BCUT2D eigenvalue weighted by atomic mass is 79.9. The molecule has 0 aliphatic carbocycles. The molecule has 1 rings (SSSR count). The van der Waals surface area contributed by atoms with Crippen LogP contribution in [0.15, 0.2) is 22.7 Å². The van der Waals surface area contributed by atoms with Crippen LogP contribution in [0, 0.1) is 0 Å². The van der Waals surface area contributed by atoms with Crippen LogP contribution in [-0.4, -0.2) is 22.5 Å². The number of amides is 1. The van der Waals surface area contributed by atoms with Crippen molar-refractivity contribution in [3.8, 4) is 0 Å². The fourth-order valence-electron chi connectivity index (χ4n) is 1.55. The molecule has 0 aliphatic rings. The van der Waals surface area contributed by atoms with E-state index in [0.717, 1.165) is 0 Å². The third-order valence-corrected chi connectivity index (χ3v) is 3.22. The van der Waals surface area contributed by atoms with E-state index in [9.17, 15) is 9.59 Å². The molecule has 6 heteroatoms. The van der Waals surface area contributed by atoms with Crippen LogP contribution in [0.5, 0.6) is 0 Å². The minimum atomic E-state index is -0.882. The molecule has 19 heavy (non-hydrogen) atoms. The highest BCUT2D eigenvalue weighted by Crippen LogP contribution is 2.20. The van der Waals surface area contributed by atoms with Crippen LogP contribution in [0.25, 0.3) is 0 Å². The molecule has 0 atom stereocenters. The van der Waals surface area contributed by atoms with E-state index in [4.69, 9.17) is 16.7 Å². The first-order chi connectivity index (χ1) is 8.69. The van der Waals surface area contributed by atoms with Crippen LogP contribution >= 0.6 is 27.5 Å². The number of carbonyl (C=O) groups is 2. The van der Waals surface area contributed by atoms with Crippen LogP contribution in [0.4, 0.5) is 0 Å². The van der Waals surface area contributed by atoms with Crippen molar-refractivity contribution in [2.24, 2.45) is 0 Å². The maximum absolute atomic E-state index is 12.1. The number of carboxylic acids is 1. The van der Waals surface area contributed by atoms with E-state index < -0.39 is 11.5 Å².